The average Bonchev–Trinajstić information content (AvgIpc) is 2.49. The smallest absolute Gasteiger partial charge is 0.161 e. The van der Waals surface area contributed by atoms with Crippen LogP contribution in [0.15, 0.2) is 18.2 Å². The van der Waals surface area contributed by atoms with Gasteiger partial charge in [0.05, 0.1) is 18.8 Å². The molecule has 1 heterocycles. The SMILES string of the molecule is CC(C)OCC(O)CNCCc1ccc2c(c1)OCCO2. The van der Waals surface area contributed by atoms with Gasteiger partial charge in [0.2, 0.25) is 0 Å². The highest BCUT2D eigenvalue weighted by atomic mass is 16.6. The summed E-state index contributed by atoms with van der Waals surface area (Å²) in [6.45, 7) is 6.86. The van der Waals surface area contributed by atoms with Gasteiger partial charge in [-0.25, -0.2) is 0 Å². The monoisotopic (exact) mass is 295 g/mol. The number of ether oxygens (including phenoxy) is 3. The summed E-state index contributed by atoms with van der Waals surface area (Å²) in [6.07, 6.45) is 0.569. The minimum atomic E-state index is -0.465. The van der Waals surface area contributed by atoms with E-state index in [9.17, 15) is 5.11 Å². The van der Waals surface area contributed by atoms with Gasteiger partial charge >= 0.3 is 0 Å². The molecule has 0 saturated carbocycles. The van der Waals surface area contributed by atoms with E-state index >= 15 is 0 Å². The quantitative estimate of drug-likeness (QED) is 0.710. The Morgan fingerprint density at radius 2 is 2.00 bits per heavy atom. The van der Waals surface area contributed by atoms with E-state index in [-0.39, 0.29) is 6.10 Å². The third-order valence-corrected chi connectivity index (χ3v) is 3.20. The molecule has 5 heteroatoms. The molecule has 5 nitrogen and oxygen atoms in total. The maximum absolute atomic E-state index is 9.73. The number of rotatable bonds is 8. The number of nitrogens with one attached hydrogen (secondary N) is 1. The number of hydrogen-bond donors (Lipinski definition) is 2. The van der Waals surface area contributed by atoms with Crippen LogP contribution in [0.2, 0.25) is 0 Å². The molecule has 21 heavy (non-hydrogen) atoms. The Kier molecular flexibility index (Phi) is 6.29. The molecule has 0 bridgehead atoms. The van der Waals surface area contributed by atoms with Gasteiger partial charge in [-0.05, 0) is 44.5 Å². The van der Waals surface area contributed by atoms with E-state index in [1.54, 1.807) is 0 Å². The van der Waals surface area contributed by atoms with Crippen LogP contribution in [0.1, 0.15) is 19.4 Å². The lowest BCUT2D eigenvalue weighted by molar-refractivity contribution is 0.00652. The summed E-state index contributed by atoms with van der Waals surface area (Å²) in [6, 6.07) is 6.02. The fourth-order valence-electron chi connectivity index (χ4n) is 2.11. The van der Waals surface area contributed by atoms with Gasteiger partial charge in [0.1, 0.15) is 13.2 Å². The summed E-state index contributed by atoms with van der Waals surface area (Å²) in [5, 5.41) is 13.0. The molecule has 1 atom stereocenters. The van der Waals surface area contributed by atoms with Gasteiger partial charge in [-0.1, -0.05) is 6.07 Å². The number of aliphatic hydroxyl groups excluding tert-OH is 1. The molecular weight excluding hydrogens is 270 g/mol. The highest BCUT2D eigenvalue weighted by Gasteiger charge is 2.11. The second kappa shape index (κ2) is 8.22. The lowest BCUT2D eigenvalue weighted by Gasteiger charge is -2.19. The fourth-order valence-corrected chi connectivity index (χ4v) is 2.11. The van der Waals surface area contributed by atoms with E-state index in [1.165, 1.54) is 5.56 Å². The van der Waals surface area contributed by atoms with Crippen molar-refractivity contribution in [2.75, 3.05) is 32.9 Å². The molecule has 0 aromatic heterocycles. The zero-order valence-corrected chi connectivity index (χ0v) is 12.8. The van der Waals surface area contributed by atoms with E-state index in [0.717, 1.165) is 24.5 Å². The number of fused-ring (bicyclic) bond motifs is 1. The van der Waals surface area contributed by atoms with E-state index in [2.05, 4.69) is 5.32 Å². The zero-order valence-electron chi connectivity index (χ0n) is 12.8. The van der Waals surface area contributed by atoms with E-state index in [4.69, 9.17) is 14.2 Å². The number of aliphatic hydroxyl groups is 1. The normalized spacial score (nSPS) is 15.2. The van der Waals surface area contributed by atoms with Gasteiger partial charge < -0.3 is 24.6 Å². The molecule has 1 aliphatic heterocycles. The standard InChI is InChI=1S/C16H25NO4/c1-12(2)21-11-14(18)10-17-6-5-13-3-4-15-16(9-13)20-8-7-19-15/h3-4,9,12,14,17-18H,5-8,10-11H2,1-2H3. The van der Waals surface area contributed by atoms with Crippen LogP contribution >= 0.6 is 0 Å². The van der Waals surface area contributed by atoms with Crippen molar-refractivity contribution in [1.29, 1.82) is 0 Å². The summed E-state index contributed by atoms with van der Waals surface area (Å²) in [7, 11) is 0. The molecule has 1 aromatic carbocycles. The van der Waals surface area contributed by atoms with Crippen LogP contribution in [0.25, 0.3) is 0 Å². The van der Waals surface area contributed by atoms with Gasteiger partial charge in [0.25, 0.3) is 0 Å². The van der Waals surface area contributed by atoms with Gasteiger partial charge in [0.15, 0.2) is 11.5 Å². The van der Waals surface area contributed by atoms with Crippen molar-refractivity contribution in [2.45, 2.75) is 32.5 Å². The van der Waals surface area contributed by atoms with Crippen LogP contribution in [0.3, 0.4) is 0 Å². The fraction of sp³-hybridized carbons (Fsp3) is 0.625. The first kappa shape index (κ1) is 16.1. The Bertz CT molecular complexity index is 436. The molecule has 0 saturated heterocycles. The van der Waals surface area contributed by atoms with Crippen molar-refractivity contribution < 1.29 is 19.3 Å². The Morgan fingerprint density at radius 3 is 2.76 bits per heavy atom. The minimum Gasteiger partial charge on any atom is -0.486 e. The van der Waals surface area contributed by atoms with Crippen molar-refractivity contribution >= 4 is 0 Å². The Hall–Kier alpha value is -1.30. The van der Waals surface area contributed by atoms with Crippen molar-refractivity contribution in [1.82, 2.24) is 5.32 Å². The number of hydrogen-bond acceptors (Lipinski definition) is 5. The van der Waals surface area contributed by atoms with E-state index in [0.29, 0.717) is 26.4 Å². The van der Waals surface area contributed by atoms with Crippen LogP contribution < -0.4 is 14.8 Å². The van der Waals surface area contributed by atoms with Gasteiger partial charge in [-0.2, -0.15) is 0 Å². The summed E-state index contributed by atoms with van der Waals surface area (Å²) >= 11 is 0. The van der Waals surface area contributed by atoms with Crippen LogP contribution in [0.5, 0.6) is 11.5 Å². The third kappa shape index (κ3) is 5.53. The largest absolute Gasteiger partial charge is 0.486 e. The van der Waals surface area contributed by atoms with E-state index in [1.807, 2.05) is 32.0 Å². The predicted molar refractivity (Wildman–Crippen MR) is 81.1 cm³/mol. The highest BCUT2D eigenvalue weighted by Crippen LogP contribution is 2.30. The first-order chi connectivity index (χ1) is 10.1. The molecule has 2 N–H and O–H groups in total. The highest BCUT2D eigenvalue weighted by molar-refractivity contribution is 5.43. The summed E-state index contributed by atoms with van der Waals surface area (Å²) in [4.78, 5) is 0. The van der Waals surface area contributed by atoms with Gasteiger partial charge in [-0.15, -0.1) is 0 Å². The molecule has 0 fully saturated rings. The maximum Gasteiger partial charge on any atom is 0.161 e. The van der Waals surface area contributed by atoms with E-state index < -0.39 is 6.10 Å². The molecule has 118 valence electrons. The Labute approximate surface area is 126 Å². The summed E-state index contributed by atoms with van der Waals surface area (Å²) in [5.74, 6) is 1.64. The van der Waals surface area contributed by atoms with Crippen molar-refractivity contribution in [3.8, 4) is 11.5 Å². The van der Waals surface area contributed by atoms with Crippen LogP contribution in [0.4, 0.5) is 0 Å². The molecule has 0 radical (unpaired) electrons. The first-order valence-electron chi connectivity index (χ1n) is 7.54. The molecular formula is C16H25NO4. The van der Waals surface area contributed by atoms with Gasteiger partial charge in [0, 0.05) is 6.54 Å². The second-order valence-corrected chi connectivity index (χ2v) is 5.47. The van der Waals surface area contributed by atoms with Crippen LogP contribution in [-0.2, 0) is 11.2 Å². The lowest BCUT2D eigenvalue weighted by atomic mass is 10.1. The van der Waals surface area contributed by atoms with Gasteiger partial charge in [-0.3, -0.25) is 0 Å². The van der Waals surface area contributed by atoms with Crippen LogP contribution in [-0.4, -0.2) is 50.2 Å². The number of benzene rings is 1. The Morgan fingerprint density at radius 1 is 1.24 bits per heavy atom. The Balaban J connectivity index is 1.67. The predicted octanol–water partition coefficient (Wildman–Crippen LogP) is 1.38. The average molecular weight is 295 g/mol. The van der Waals surface area contributed by atoms with Crippen molar-refractivity contribution in [3.63, 3.8) is 0 Å². The molecule has 1 aromatic rings. The second-order valence-electron chi connectivity index (χ2n) is 5.47. The summed E-state index contributed by atoms with van der Waals surface area (Å²) < 4.78 is 16.4. The molecule has 1 aliphatic rings. The molecule has 0 aliphatic carbocycles. The molecule has 2 rings (SSSR count). The minimum absolute atomic E-state index is 0.150. The van der Waals surface area contributed by atoms with Crippen molar-refractivity contribution in [3.05, 3.63) is 23.8 Å². The first-order valence-corrected chi connectivity index (χ1v) is 7.54. The zero-order chi connectivity index (χ0) is 15.1. The molecule has 0 spiro atoms. The molecule has 1 unspecified atom stereocenters. The van der Waals surface area contributed by atoms with Crippen molar-refractivity contribution in [2.24, 2.45) is 0 Å². The lowest BCUT2D eigenvalue weighted by Crippen LogP contribution is -2.32. The third-order valence-electron chi connectivity index (χ3n) is 3.20. The topological polar surface area (TPSA) is 60.0 Å². The maximum atomic E-state index is 9.73. The summed E-state index contributed by atoms with van der Waals surface area (Å²) in [5.41, 5.74) is 1.19. The van der Waals surface area contributed by atoms with Crippen LogP contribution in [0, 0.1) is 0 Å². The molecule has 0 amide bonds.